The van der Waals surface area contributed by atoms with Crippen molar-refractivity contribution in [3.05, 3.63) is 33.7 Å². The van der Waals surface area contributed by atoms with Crippen LogP contribution in [0.5, 0.6) is 0 Å². The third-order valence-electron chi connectivity index (χ3n) is 2.78. The summed E-state index contributed by atoms with van der Waals surface area (Å²) < 4.78 is 1.17. The van der Waals surface area contributed by atoms with Crippen molar-refractivity contribution in [1.82, 2.24) is 9.88 Å². The number of hydrogen-bond donors (Lipinski definition) is 2. The van der Waals surface area contributed by atoms with Gasteiger partial charge in [0.15, 0.2) is 0 Å². The topological polar surface area (TPSA) is 88.4 Å². The molecule has 2 N–H and O–H groups in total. The van der Waals surface area contributed by atoms with E-state index in [1.807, 2.05) is 6.92 Å². The Morgan fingerprint density at radius 3 is 2.63 bits per heavy atom. The molecule has 1 rings (SSSR count). The molecule has 0 aliphatic carbocycles. The first-order valence-electron chi connectivity index (χ1n) is 6.17. The van der Waals surface area contributed by atoms with Gasteiger partial charge < -0.3 is 15.0 Å². The molecule has 104 valence electrons. The molecule has 0 spiro atoms. The molecule has 1 aromatic rings. The number of aromatic carboxylic acids is 1. The minimum Gasteiger partial charge on any atom is -0.477 e. The molecule has 1 amide bonds. The smallest absolute Gasteiger partial charge is 0.341 e. The number of aromatic nitrogens is 1. The van der Waals surface area contributed by atoms with Crippen LogP contribution in [0, 0.1) is 6.92 Å². The van der Waals surface area contributed by atoms with E-state index in [0.717, 1.165) is 12.8 Å². The molecule has 0 bridgehead atoms. The Kier molecular flexibility index (Phi) is 5.29. The molecule has 0 saturated carbocycles. The van der Waals surface area contributed by atoms with E-state index in [4.69, 9.17) is 5.11 Å². The number of carboxylic acid groups (broad SMARTS) is 1. The zero-order chi connectivity index (χ0) is 14.4. The average Bonchev–Trinajstić information content (AvgIpc) is 2.34. The number of unbranched alkanes of at least 4 members (excludes halogenated alkanes) is 1. The van der Waals surface area contributed by atoms with Crippen LogP contribution in [-0.4, -0.2) is 28.1 Å². The van der Waals surface area contributed by atoms with Crippen LogP contribution in [0.1, 0.15) is 35.8 Å². The van der Waals surface area contributed by atoms with E-state index < -0.39 is 11.5 Å². The second-order valence-corrected chi connectivity index (χ2v) is 4.29. The van der Waals surface area contributed by atoms with Crippen molar-refractivity contribution in [3.8, 4) is 0 Å². The normalized spacial score (nSPS) is 10.2. The molecule has 0 aliphatic heterocycles. The van der Waals surface area contributed by atoms with Crippen LogP contribution in [0.4, 0.5) is 0 Å². The van der Waals surface area contributed by atoms with Crippen molar-refractivity contribution in [2.45, 2.75) is 33.2 Å². The Balaban J connectivity index is 2.89. The number of pyridine rings is 1. The van der Waals surface area contributed by atoms with Gasteiger partial charge in [0.05, 0.1) is 0 Å². The van der Waals surface area contributed by atoms with Crippen molar-refractivity contribution in [3.63, 3.8) is 0 Å². The summed E-state index contributed by atoms with van der Waals surface area (Å²) in [5.74, 6) is -1.58. The van der Waals surface area contributed by atoms with Crippen molar-refractivity contribution in [2.75, 3.05) is 6.54 Å². The van der Waals surface area contributed by atoms with Gasteiger partial charge in [0.1, 0.15) is 12.1 Å². The number of nitrogens with one attached hydrogen (secondary N) is 1. The van der Waals surface area contributed by atoms with E-state index in [1.54, 1.807) is 6.92 Å². The van der Waals surface area contributed by atoms with Crippen molar-refractivity contribution < 1.29 is 14.7 Å². The second-order valence-electron chi connectivity index (χ2n) is 4.29. The maximum Gasteiger partial charge on any atom is 0.341 e. The lowest BCUT2D eigenvalue weighted by Crippen LogP contribution is -2.35. The summed E-state index contributed by atoms with van der Waals surface area (Å²) in [6.07, 6.45) is 1.84. The molecule has 6 heteroatoms. The van der Waals surface area contributed by atoms with Crippen LogP contribution in [0.2, 0.25) is 0 Å². The molecule has 0 aromatic carbocycles. The second kappa shape index (κ2) is 6.72. The van der Waals surface area contributed by atoms with Gasteiger partial charge in [-0.05, 0) is 25.5 Å². The highest BCUT2D eigenvalue weighted by Crippen LogP contribution is 1.99. The highest BCUT2D eigenvalue weighted by atomic mass is 16.4. The summed E-state index contributed by atoms with van der Waals surface area (Å²) in [6.45, 7) is 4.07. The lowest BCUT2D eigenvalue weighted by atomic mass is 10.2. The van der Waals surface area contributed by atoms with E-state index in [9.17, 15) is 14.4 Å². The average molecular weight is 266 g/mol. The standard InChI is InChI=1S/C13H18N2O4/c1-3-4-7-14-11(16)8-15-9(2)5-6-10(12(15)17)13(18)19/h5-6H,3-4,7-8H2,1-2H3,(H,14,16)(H,18,19). The molecule has 0 unspecified atom stereocenters. The predicted molar refractivity (Wildman–Crippen MR) is 70.3 cm³/mol. The predicted octanol–water partition coefficient (Wildman–Crippen LogP) is 0.771. The molecular weight excluding hydrogens is 248 g/mol. The summed E-state index contributed by atoms with van der Waals surface area (Å²) >= 11 is 0. The number of aryl methyl sites for hydroxylation is 1. The summed E-state index contributed by atoms with van der Waals surface area (Å²) in [7, 11) is 0. The van der Waals surface area contributed by atoms with Gasteiger partial charge in [0.25, 0.3) is 5.56 Å². The van der Waals surface area contributed by atoms with Crippen LogP contribution in [0.15, 0.2) is 16.9 Å². The number of carboxylic acids is 1. The van der Waals surface area contributed by atoms with Gasteiger partial charge in [0, 0.05) is 12.2 Å². The lowest BCUT2D eigenvalue weighted by molar-refractivity contribution is -0.121. The van der Waals surface area contributed by atoms with Gasteiger partial charge in [-0.2, -0.15) is 0 Å². The monoisotopic (exact) mass is 266 g/mol. The molecular formula is C13H18N2O4. The van der Waals surface area contributed by atoms with E-state index in [1.165, 1.54) is 16.7 Å². The maximum absolute atomic E-state index is 11.9. The molecule has 0 saturated heterocycles. The first-order valence-corrected chi connectivity index (χ1v) is 6.17. The summed E-state index contributed by atoms with van der Waals surface area (Å²) in [5.41, 5.74) is -0.425. The summed E-state index contributed by atoms with van der Waals surface area (Å²) in [5, 5.41) is 11.6. The highest BCUT2D eigenvalue weighted by molar-refractivity contribution is 5.87. The number of carbonyl (C=O) groups excluding carboxylic acids is 1. The Labute approximate surface area is 111 Å². The number of hydrogen-bond acceptors (Lipinski definition) is 3. The molecule has 19 heavy (non-hydrogen) atoms. The molecule has 0 atom stereocenters. The first-order chi connectivity index (χ1) is 8.97. The molecule has 0 aliphatic rings. The Morgan fingerprint density at radius 2 is 2.05 bits per heavy atom. The number of rotatable bonds is 6. The highest BCUT2D eigenvalue weighted by Gasteiger charge is 2.14. The van der Waals surface area contributed by atoms with Crippen LogP contribution in [0.3, 0.4) is 0 Å². The molecule has 0 radical (unpaired) electrons. The summed E-state index contributed by atoms with van der Waals surface area (Å²) in [4.78, 5) is 34.4. The molecule has 1 aromatic heterocycles. The zero-order valence-electron chi connectivity index (χ0n) is 11.1. The first kappa shape index (κ1) is 14.9. The van der Waals surface area contributed by atoms with Gasteiger partial charge in [-0.25, -0.2) is 4.79 Å². The number of nitrogens with zero attached hydrogens (tertiary/aromatic N) is 1. The van der Waals surface area contributed by atoms with Crippen LogP contribution in [-0.2, 0) is 11.3 Å². The van der Waals surface area contributed by atoms with Gasteiger partial charge in [-0.15, -0.1) is 0 Å². The maximum atomic E-state index is 11.9. The lowest BCUT2D eigenvalue weighted by Gasteiger charge is -2.10. The van der Waals surface area contributed by atoms with Crippen molar-refractivity contribution in [2.24, 2.45) is 0 Å². The zero-order valence-corrected chi connectivity index (χ0v) is 11.1. The molecule has 0 fully saturated rings. The largest absolute Gasteiger partial charge is 0.477 e. The Bertz CT molecular complexity index is 534. The fraction of sp³-hybridized carbons (Fsp3) is 0.462. The van der Waals surface area contributed by atoms with Gasteiger partial charge in [0.2, 0.25) is 5.91 Å². The number of carbonyl (C=O) groups is 2. The SMILES string of the molecule is CCCCNC(=O)Cn1c(C)ccc(C(=O)O)c1=O. The number of amides is 1. The summed E-state index contributed by atoms with van der Waals surface area (Å²) in [6, 6.07) is 2.77. The quantitative estimate of drug-likeness (QED) is 0.744. The van der Waals surface area contributed by atoms with E-state index in [2.05, 4.69) is 5.32 Å². The third kappa shape index (κ3) is 3.94. The fourth-order valence-corrected chi connectivity index (χ4v) is 1.63. The van der Waals surface area contributed by atoms with Crippen molar-refractivity contribution >= 4 is 11.9 Å². The molecule has 1 heterocycles. The Hall–Kier alpha value is -2.11. The van der Waals surface area contributed by atoms with Gasteiger partial charge >= 0.3 is 5.97 Å². The minimum atomic E-state index is -1.29. The van der Waals surface area contributed by atoms with Crippen LogP contribution in [0.25, 0.3) is 0 Å². The Morgan fingerprint density at radius 1 is 1.37 bits per heavy atom. The van der Waals surface area contributed by atoms with Gasteiger partial charge in [-0.1, -0.05) is 13.3 Å². The van der Waals surface area contributed by atoms with Gasteiger partial charge in [-0.3, -0.25) is 9.59 Å². The van der Waals surface area contributed by atoms with Crippen molar-refractivity contribution in [1.29, 1.82) is 0 Å². The minimum absolute atomic E-state index is 0.157. The fourth-order valence-electron chi connectivity index (χ4n) is 1.63. The van der Waals surface area contributed by atoms with Crippen LogP contribution < -0.4 is 10.9 Å². The van der Waals surface area contributed by atoms with E-state index >= 15 is 0 Å². The van der Waals surface area contributed by atoms with E-state index in [-0.39, 0.29) is 18.0 Å². The van der Waals surface area contributed by atoms with E-state index in [0.29, 0.717) is 12.2 Å². The third-order valence-corrected chi connectivity index (χ3v) is 2.78. The molecule has 6 nitrogen and oxygen atoms in total. The van der Waals surface area contributed by atoms with Crippen LogP contribution >= 0.6 is 0 Å².